The van der Waals surface area contributed by atoms with Gasteiger partial charge in [0.1, 0.15) is 0 Å². The maximum atomic E-state index is 5.97. The van der Waals surface area contributed by atoms with E-state index in [-0.39, 0.29) is 0 Å². The van der Waals surface area contributed by atoms with Gasteiger partial charge in [0.25, 0.3) is 0 Å². The first-order chi connectivity index (χ1) is 8.08. The number of hydrogen-bond acceptors (Lipinski definition) is 3. The van der Waals surface area contributed by atoms with Gasteiger partial charge in [-0.3, -0.25) is 0 Å². The molecule has 0 unspecified atom stereocenters. The van der Waals surface area contributed by atoms with Gasteiger partial charge in [0.2, 0.25) is 0 Å². The molecular weight excluding hydrogens is 210 g/mol. The zero-order chi connectivity index (χ0) is 12.4. The van der Waals surface area contributed by atoms with Crippen molar-refractivity contribution in [1.82, 2.24) is 9.97 Å². The fourth-order valence-corrected chi connectivity index (χ4v) is 1.69. The predicted molar refractivity (Wildman–Crippen MR) is 70.7 cm³/mol. The third kappa shape index (κ3) is 2.44. The van der Waals surface area contributed by atoms with Crippen LogP contribution in [0, 0.1) is 6.92 Å². The lowest BCUT2D eigenvalue weighted by molar-refractivity contribution is 0.817. The maximum absolute atomic E-state index is 5.97. The number of rotatable bonds is 2. The Bertz CT molecular complexity index is 533. The SMILES string of the molecule is Cc1ccc(N)c(-c2nccc(C(C)C)n2)c1. The van der Waals surface area contributed by atoms with Gasteiger partial charge in [-0.15, -0.1) is 0 Å². The minimum Gasteiger partial charge on any atom is -0.398 e. The largest absolute Gasteiger partial charge is 0.398 e. The number of hydrogen-bond donors (Lipinski definition) is 1. The molecule has 1 aromatic carbocycles. The van der Waals surface area contributed by atoms with Gasteiger partial charge in [-0.1, -0.05) is 25.5 Å². The predicted octanol–water partition coefficient (Wildman–Crippen LogP) is 3.16. The average molecular weight is 227 g/mol. The van der Waals surface area contributed by atoms with E-state index in [1.165, 1.54) is 0 Å². The Morgan fingerprint density at radius 1 is 1.18 bits per heavy atom. The Balaban J connectivity index is 2.52. The smallest absolute Gasteiger partial charge is 0.161 e. The molecule has 0 radical (unpaired) electrons. The molecule has 2 aromatic rings. The molecule has 88 valence electrons. The number of aryl methyl sites for hydroxylation is 1. The van der Waals surface area contributed by atoms with E-state index in [9.17, 15) is 0 Å². The van der Waals surface area contributed by atoms with Crippen molar-refractivity contribution in [2.75, 3.05) is 5.73 Å². The van der Waals surface area contributed by atoms with Gasteiger partial charge >= 0.3 is 0 Å². The van der Waals surface area contributed by atoms with Crippen molar-refractivity contribution in [1.29, 1.82) is 0 Å². The van der Waals surface area contributed by atoms with Gasteiger partial charge in [0.05, 0.1) is 0 Å². The Morgan fingerprint density at radius 2 is 1.94 bits per heavy atom. The molecular formula is C14H17N3. The summed E-state index contributed by atoms with van der Waals surface area (Å²) < 4.78 is 0. The molecule has 0 aliphatic rings. The van der Waals surface area contributed by atoms with Crippen molar-refractivity contribution in [2.45, 2.75) is 26.7 Å². The highest BCUT2D eigenvalue weighted by Gasteiger charge is 2.08. The van der Waals surface area contributed by atoms with Crippen molar-refractivity contribution in [3.63, 3.8) is 0 Å². The Kier molecular flexibility index (Phi) is 3.09. The zero-order valence-electron chi connectivity index (χ0n) is 10.4. The molecule has 2 N–H and O–H groups in total. The highest BCUT2D eigenvalue weighted by atomic mass is 14.9. The first kappa shape index (κ1) is 11.6. The summed E-state index contributed by atoms with van der Waals surface area (Å²) in [6.45, 7) is 6.27. The highest BCUT2D eigenvalue weighted by molar-refractivity contribution is 5.72. The summed E-state index contributed by atoms with van der Waals surface area (Å²) in [5, 5.41) is 0. The molecule has 0 bridgehead atoms. The molecule has 0 aliphatic carbocycles. The van der Waals surface area contributed by atoms with E-state index in [1.54, 1.807) is 6.20 Å². The van der Waals surface area contributed by atoms with Crippen LogP contribution in [0.3, 0.4) is 0 Å². The summed E-state index contributed by atoms with van der Waals surface area (Å²) in [5.74, 6) is 1.10. The molecule has 2 rings (SSSR count). The molecule has 0 saturated carbocycles. The van der Waals surface area contributed by atoms with E-state index >= 15 is 0 Å². The lowest BCUT2D eigenvalue weighted by atomic mass is 10.1. The normalized spacial score (nSPS) is 10.8. The number of anilines is 1. The van der Waals surface area contributed by atoms with Gasteiger partial charge in [0.15, 0.2) is 5.82 Å². The van der Waals surface area contributed by atoms with Gasteiger partial charge in [0, 0.05) is 23.1 Å². The van der Waals surface area contributed by atoms with Crippen LogP contribution in [-0.2, 0) is 0 Å². The number of nitrogen functional groups attached to an aromatic ring is 1. The highest BCUT2D eigenvalue weighted by Crippen LogP contribution is 2.24. The third-order valence-corrected chi connectivity index (χ3v) is 2.72. The standard InChI is InChI=1S/C14H17N3/c1-9(2)13-6-7-16-14(17-13)11-8-10(3)4-5-12(11)15/h4-9H,15H2,1-3H3. The lowest BCUT2D eigenvalue weighted by Gasteiger charge is -2.08. The maximum Gasteiger partial charge on any atom is 0.161 e. The van der Waals surface area contributed by atoms with Crippen molar-refractivity contribution >= 4 is 5.69 Å². The van der Waals surface area contributed by atoms with Crippen LogP contribution >= 0.6 is 0 Å². The van der Waals surface area contributed by atoms with Gasteiger partial charge in [-0.05, 0) is 31.0 Å². The molecule has 0 amide bonds. The van der Waals surface area contributed by atoms with Gasteiger partial charge in [-0.25, -0.2) is 9.97 Å². The summed E-state index contributed by atoms with van der Waals surface area (Å²) in [6.07, 6.45) is 1.79. The molecule has 3 nitrogen and oxygen atoms in total. The topological polar surface area (TPSA) is 51.8 Å². The van der Waals surface area contributed by atoms with E-state index in [0.717, 1.165) is 22.5 Å². The second kappa shape index (κ2) is 4.53. The fraction of sp³-hybridized carbons (Fsp3) is 0.286. The first-order valence-corrected chi connectivity index (χ1v) is 5.77. The number of benzene rings is 1. The quantitative estimate of drug-likeness (QED) is 0.802. The van der Waals surface area contributed by atoms with Crippen LogP contribution in [-0.4, -0.2) is 9.97 Å². The lowest BCUT2D eigenvalue weighted by Crippen LogP contribution is -1.99. The second-order valence-corrected chi connectivity index (χ2v) is 4.55. The molecule has 0 fully saturated rings. The number of nitrogens with zero attached hydrogens (tertiary/aromatic N) is 2. The molecule has 3 heteroatoms. The van der Waals surface area contributed by atoms with Crippen LogP contribution in [0.5, 0.6) is 0 Å². The van der Waals surface area contributed by atoms with Crippen LogP contribution in [0.25, 0.3) is 11.4 Å². The average Bonchev–Trinajstić information content (AvgIpc) is 2.32. The molecule has 17 heavy (non-hydrogen) atoms. The summed E-state index contributed by atoms with van der Waals surface area (Å²) in [5.41, 5.74) is 9.79. The molecule has 0 atom stereocenters. The van der Waals surface area contributed by atoms with E-state index in [4.69, 9.17) is 5.73 Å². The van der Waals surface area contributed by atoms with Crippen molar-refractivity contribution < 1.29 is 0 Å². The van der Waals surface area contributed by atoms with E-state index in [0.29, 0.717) is 11.7 Å². The Labute approximate surface area is 102 Å². The molecule has 1 aromatic heterocycles. The fourth-order valence-electron chi connectivity index (χ4n) is 1.69. The second-order valence-electron chi connectivity index (χ2n) is 4.55. The summed E-state index contributed by atoms with van der Waals surface area (Å²) >= 11 is 0. The van der Waals surface area contributed by atoms with Gasteiger partial charge < -0.3 is 5.73 Å². The van der Waals surface area contributed by atoms with Crippen molar-refractivity contribution in [3.8, 4) is 11.4 Å². The summed E-state index contributed by atoms with van der Waals surface area (Å²) in [7, 11) is 0. The molecule has 0 spiro atoms. The van der Waals surface area contributed by atoms with Crippen molar-refractivity contribution in [3.05, 3.63) is 41.7 Å². The Hall–Kier alpha value is -1.90. The number of aromatic nitrogens is 2. The van der Waals surface area contributed by atoms with Crippen LogP contribution in [0.2, 0.25) is 0 Å². The van der Waals surface area contributed by atoms with E-state index in [1.807, 2.05) is 31.2 Å². The van der Waals surface area contributed by atoms with Crippen LogP contribution in [0.15, 0.2) is 30.5 Å². The van der Waals surface area contributed by atoms with Crippen LogP contribution in [0.1, 0.15) is 31.0 Å². The van der Waals surface area contributed by atoms with E-state index < -0.39 is 0 Å². The minimum atomic E-state index is 0.391. The van der Waals surface area contributed by atoms with Gasteiger partial charge in [-0.2, -0.15) is 0 Å². The number of nitrogens with two attached hydrogens (primary N) is 1. The monoisotopic (exact) mass is 227 g/mol. The van der Waals surface area contributed by atoms with Crippen molar-refractivity contribution in [2.24, 2.45) is 0 Å². The third-order valence-electron chi connectivity index (χ3n) is 2.72. The molecule has 1 heterocycles. The Morgan fingerprint density at radius 3 is 2.65 bits per heavy atom. The summed E-state index contributed by atoms with van der Waals surface area (Å²) in [4.78, 5) is 8.86. The zero-order valence-corrected chi connectivity index (χ0v) is 10.4. The van der Waals surface area contributed by atoms with Crippen LogP contribution in [0.4, 0.5) is 5.69 Å². The van der Waals surface area contributed by atoms with Crippen LogP contribution < -0.4 is 5.73 Å². The molecule has 0 aliphatic heterocycles. The van der Waals surface area contributed by atoms with E-state index in [2.05, 4.69) is 23.8 Å². The summed E-state index contributed by atoms with van der Waals surface area (Å²) in [6, 6.07) is 7.86. The minimum absolute atomic E-state index is 0.391. The first-order valence-electron chi connectivity index (χ1n) is 5.77. The molecule has 0 saturated heterocycles.